The van der Waals surface area contributed by atoms with Crippen LogP contribution in [0.1, 0.15) is 43.8 Å². The van der Waals surface area contributed by atoms with Crippen molar-refractivity contribution in [2.75, 3.05) is 13.6 Å². The Morgan fingerprint density at radius 1 is 1.44 bits per heavy atom. The van der Waals surface area contributed by atoms with Crippen LogP contribution in [-0.2, 0) is 6.42 Å². The second kappa shape index (κ2) is 5.70. The van der Waals surface area contributed by atoms with Crippen molar-refractivity contribution in [1.29, 1.82) is 0 Å². The molecule has 1 aliphatic carbocycles. The lowest BCUT2D eigenvalue weighted by atomic mass is 9.66. The van der Waals surface area contributed by atoms with Crippen LogP contribution in [0.25, 0.3) is 0 Å². The summed E-state index contributed by atoms with van der Waals surface area (Å²) in [5.41, 5.74) is 1.69. The number of thiazole rings is 1. The molecule has 1 saturated carbocycles. The smallest absolute Gasteiger partial charge is 0.0930 e. The zero-order valence-electron chi connectivity index (χ0n) is 12.1. The molecule has 1 heterocycles. The van der Waals surface area contributed by atoms with Crippen molar-refractivity contribution in [1.82, 2.24) is 10.3 Å². The Morgan fingerprint density at radius 2 is 2.22 bits per heavy atom. The van der Waals surface area contributed by atoms with Gasteiger partial charge in [0.2, 0.25) is 0 Å². The first-order valence-corrected chi connectivity index (χ1v) is 7.94. The molecule has 2 nitrogen and oxygen atoms in total. The number of hydrogen-bond acceptors (Lipinski definition) is 3. The molecule has 0 radical (unpaired) electrons. The van der Waals surface area contributed by atoms with E-state index < -0.39 is 0 Å². The van der Waals surface area contributed by atoms with Gasteiger partial charge in [-0.05, 0) is 57.0 Å². The Balaban J connectivity index is 2.05. The van der Waals surface area contributed by atoms with Crippen LogP contribution in [-0.4, -0.2) is 18.6 Å². The summed E-state index contributed by atoms with van der Waals surface area (Å²) in [5, 5.41) is 6.88. The van der Waals surface area contributed by atoms with Gasteiger partial charge >= 0.3 is 0 Å². The number of nitrogens with zero attached hydrogens (tertiary/aromatic N) is 1. The van der Waals surface area contributed by atoms with Gasteiger partial charge in [-0.25, -0.2) is 4.98 Å². The molecule has 1 fully saturated rings. The van der Waals surface area contributed by atoms with Crippen molar-refractivity contribution in [2.24, 2.45) is 17.3 Å². The molecule has 102 valence electrons. The van der Waals surface area contributed by atoms with Crippen LogP contribution in [0.3, 0.4) is 0 Å². The molecular weight excluding hydrogens is 240 g/mol. The van der Waals surface area contributed by atoms with Gasteiger partial charge in [0.1, 0.15) is 0 Å². The van der Waals surface area contributed by atoms with Gasteiger partial charge in [-0.15, -0.1) is 11.3 Å². The predicted molar refractivity (Wildman–Crippen MR) is 79.1 cm³/mol. The lowest BCUT2D eigenvalue weighted by Crippen LogP contribution is -2.36. The Morgan fingerprint density at radius 3 is 2.83 bits per heavy atom. The summed E-state index contributed by atoms with van der Waals surface area (Å²) >= 11 is 1.83. The molecule has 18 heavy (non-hydrogen) atoms. The molecule has 1 N–H and O–H groups in total. The highest BCUT2D eigenvalue weighted by atomic mass is 32.1. The molecule has 2 rings (SSSR count). The van der Waals surface area contributed by atoms with Gasteiger partial charge in [0, 0.05) is 17.5 Å². The predicted octanol–water partition coefficient (Wildman–Crippen LogP) is 3.66. The van der Waals surface area contributed by atoms with Crippen LogP contribution in [0.15, 0.2) is 5.38 Å². The lowest BCUT2D eigenvalue weighted by molar-refractivity contribution is 0.117. The van der Waals surface area contributed by atoms with E-state index in [1.54, 1.807) is 0 Å². The molecule has 0 spiro atoms. The molecule has 3 heteroatoms. The topological polar surface area (TPSA) is 24.9 Å². The second-order valence-corrected chi connectivity index (χ2v) is 7.51. The van der Waals surface area contributed by atoms with E-state index in [9.17, 15) is 0 Å². The minimum absolute atomic E-state index is 0.515. The van der Waals surface area contributed by atoms with Crippen molar-refractivity contribution in [3.8, 4) is 0 Å². The van der Waals surface area contributed by atoms with E-state index in [0.29, 0.717) is 5.41 Å². The summed E-state index contributed by atoms with van der Waals surface area (Å²) in [4.78, 5) is 4.65. The number of aromatic nitrogens is 1. The lowest BCUT2D eigenvalue weighted by Gasteiger charge is -2.40. The number of aryl methyl sites for hydroxylation is 1. The Bertz CT molecular complexity index is 384. The summed E-state index contributed by atoms with van der Waals surface area (Å²) in [7, 11) is 2.07. The highest BCUT2D eigenvalue weighted by Crippen LogP contribution is 2.43. The molecule has 0 bridgehead atoms. The Hall–Kier alpha value is -0.410. The van der Waals surface area contributed by atoms with Crippen LogP contribution in [0.5, 0.6) is 0 Å². The van der Waals surface area contributed by atoms with Crippen LogP contribution >= 0.6 is 11.3 Å². The minimum atomic E-state index is 0.515. The van der Waals surface area contributed by atoms with Crippen molar-refractivity contribution >= 4 is 11.3 Å². The third kappa shape index (κ3) is 3.55. The first-order chi connectivity index (χ1) is 8.50. The maximum absolute atomic E-state index is 4.65. The van der Waals surface area contributed by atoms with Crippen molar-refractivity contribution in [2.45, 2.75) is 46.5 Å². The summed E-state index contributed by atoms with van der Waals surface area (Å²) in [6, 6.07) is 0. The van der Waals surface area contributed by atoms with Gasteiger partial charge < -0.3 is 5.32 Å². The quantitative estimate of drug-likeness (QED) is 0.899. The fraction of sp³-hybridized carbons (Fsp3) is 0.800. The Labute approximate surface area is 115 Å². The fourth-order valence-electron chi connectivity index (χ4n) is 3.28. The van der Waals surface area contributed by atoms with E-state index in [4.69, 9.17) is 0 Å². The largest absolute Gasteiger partial charge is 0.319 e. The van der Waals surface area contributed by atoms with Crippen LogP contribution in [0, 0.1) is 24.2 Å². The SMILES string of the molecule is CNCC1CCC(C)(C)CC1Cc1nc(C)cs1. The normalized spacial score (nSPS) is 27.3. The monoisotopic (exact) mass is 266 g/mol. The minimum Gasteiger partial charge on any atom is -0.319 e. The first kappa shape index (κ1) is 14.0. The standard InChI is InChI=1S/C15H26N2S/c1-11-10-18-14(17-11)7-13-8-15(2,3)6-5-12(13)9-16-4/h10,12-13,16H,5-9H2,1-4H3. The summed E-state index contributed by atoms with van der Waals surface area (Å²) in [6.07, 6.45) is 5.25. The van der Waals surface area contributed by atoms with E-state index in [-0.39, 0.29) is 0 Å². The van der Waals surface area contributed by atoms with Gasteiger partial charge in [0.05, 0.1) is 5.01 Å². The zero-order valence-corrected chi connectivity index (χ0v) is 12.9. The highest BCUT2D eigenvalue weighted by Gasteiger charge is 2.34. The molecule has 2 atom stereocenters. The van der Waals surface area contributed by atoms with E-state index in [1.807, 2.05) is 11.3 Å². The van der Waals surface area contributed by atoms with E-state index in [1.165, 1.54) is 36.4 Å². The molecule has 1 aromatic heterocycles. The molecule has 0 amide bonds. The molecule has 1 aliphatic rings. The highest BCUT2D eigenvalue weighted by molar-refractivity contribution is 7.09. The molecule has 0 aromatic carbocycles. The number of nitrogens with one attached hydrogen (secondary N) is 1. The molecule has 2 unspecified atom stereocenters. The maximum atomic E-state index is 4.65. The zero-order chi connectivity index (χ0) is 13.2. The maximum Gasteiger partial charge on any atom is 0.0930 e. The molecule has 0 aliphatic heterocycles. The van der Waals surface area contributed by atoms with Crippen LogP contribution < -0.4 is 5.32 Å². The van der Waals surface area contributed by atoms with Crippen molar-refractivity contribution < 1.29 is 0 Å². The van der Waals surface area contributed by atoms with E-state index in [0.717, 1.165) is 18.4 Å². The average molecular weight is 266 g/mol. The van der Waals surface area contributed by atoms with Gasteiger partial charge in [-0.2, -0.15) is 0 Å². The average Bonchev–Trinajstić information content (AvgIpc) is 2.68. The molecule has 1 aromatic rings. The third-order valence-electron chi connectivity index (χ3n) is 4.24. The molecular formula is C15H26N2S. The summed E-state index contributed by atoms with van der Waals surface area (Å²) < 4.78 is 0. The number of hydrogen-bond donors (Lipinski definition) is 1. The summed E-state index contributed by atoms with van der Waals surface area (Å²) in [6.45, 7) is 8.09. The second-order valence-electron chi connectivity index (χ2n) is 6.57. The summed E-state index contributed by atoms with van der Waals surface area (Å²) in [5.74, 6) is 1.62. The van der Waals surface area contributed by atoms with Gasteiger partial charge in [-0.1, -0.05) is 13.8 Å². The third-order valence-corrected chi connectivity index (χ3v) is 5.23. The van der Waals surface area contributed by atoms with Crippen molar-refractivity contribution in [3.63, 3.8) is 0 Å². The van der Waals surface area contributed by atoms with Gasteiger partial charge in [-0.3, -0.25) is 0 Å². The van der Waals surface area contributed by atoms with Gasteiger partial charge in [0.15, 0.2) is 0 Å². The molecule has 0 saturated heterocycles. The number of rotatable bonds is 4. The van der Waals surface area contributed by atoms with E-state index >= 15 is 0 Å². The fourth-order valence-corrected chi connectivity index (χ4v) is 4.15. The van der Waals surface area contributed by atoms with E-state index in [2.05, 4.69) is 43.5 Å². The van der Waals surface area contributed by atoms with Gasteiger partial charge in [0.25, 0.3) is 0 Å². The van der Waals surface area contributed by atoms with Crippen molar-refractivity contribution in [3.05, 3.63) is 16.1 Å². The Kier molecular flexibility index (Phi) is 4.44. The first-order valence-electron chi connectivity index (χ1n) is 7.06. The van der Waals surface area contributed by atoms with Crippen LogP contribution in [0.4, 0.5) is 0 Å². The van der Waals surface area contributed by atoms with Crippen LogP contribution in [0.2, 0.25) is 0 Å².